The molecule has 3 N–H and O–H groups in total. The third-order valence-corrected chi connectivity index (χ3v) is 4.20. The van der Waals surface area contributed by atoms with Crippen molar-refractivity contribution >= 4 is 21.6 Å². The van der Waals surface area contributed by atoms with Gasteiger partial charge in [-0.05, 0) is 48.5 Å². The first-order valence-corrected chi connectivity index (χ1v) is 8.84. The summed E-state index contributed by atoms with van der Waals surface area (Å²) in [6, 6.07) is 12.6. The van der Waals surface area contributed by atoms with E-state index < -0.39 is 28.2 Å². The zero-order chi connectivity index (χ0) is 17.7. The number of carbonyl (C=O) groups excluding carboxylic acids is 1. The summed E-state index contributed by atoms with van der Waals surface area (Å²) in [4.78, 5) is 22.5. The fourth-order valence-electron chi connectivity index (χ4n) is 1.84. The summed E-state index contributed by atoms with van der Waals surface area (Å²) in [5.74, 6) is -0.608. The second-order valence-electron chi connectivity index (χ2n) is 5.02. The quantitative estimate of drug-likeness (QED) is 0.741. The lowest BCUT2D eigenvalue weighted by Gasteiger charge is -2.08. The summed E-state index contributed by atoms with van der Waals surface area (Å²) in [5, 5.41) is 10.8. The highest BCUT2D eigenvalue weighted by Crippen LogP contribution is 2.23. The van der Waals surface area contributed by atoms with Crippen LogP contribution in [0.15, 0.2) is 53.4 Å². The third kappa shape index (κ3) is 4.82. The highest BCUT2D eigenvalue weighted by molar-refractivity contribution is 7.91. The van der Waals surface area contributed by atoms with Crippen LogP contribution in [-0.4, -0.2) is 34.0 Å². The monoisotopic (exact) mass is 348 g/mol. The van der Waals surface area contributed by atoms with Crippen molar-refractivity contribution in [2.45, 2.75) is 4.90 Å². The molecule has 0 aliphatic heterocycles. The molecule has 0 fully saturated rings. The number of carbonyl (C=O) groups is 2. The fourth-order valence-corrected chi connectivity index (χ4v) is 2.49. The summed E-state index contributed by atoms with van der Waals surface area (Å²) in [6.45, 7) is -0.444. The van der Waals surface area contributed by atoms with Crippen molar-refractivity contribution in [2.24, 2.45) is 0 Å². The summed E-state index contributed by atoms with van der Waals surface area (Å²) in [5.41, 5.74) is 0.318. The van der Waals surface area contributed by atoms with E-state index in [1.165, 1.54) is 18.4 Å². The zero-order valence-electron chi connectivity index (χ0n) is 12.8. The van der Waals surface area contributed by atoms with E-state index in [-0.39, 0.29) is 0 Å². The van der Waals surface area contributed by atoms with Gasteiger partial charge in [0.1, 0.15) is 18.0 Å². The van der Waals surface area contributed by atoms with Crippen LogP contribution in [0.5, 0.6) is 11.5 Å². The molecule has 1 atom stereocenters. The second-order valence-corrected chi connectivity index (χ2v) is 7.18. The van der Waals surface area contributed by atoms with Gasteiger partial charge in [-0.25, -0.2) is 8.99 Å². The topological polar surface area (TPSA) is 117 Å². The van der Waals surface area contributed by atoms with Gasteiger partial charge in [-0.2, -0.15) is 0 Å². The Morgan fingerprint density at radius 3 is 2.04 bits per heavy atom. The van der Waals surface area contributed by atoms with Gasteiger partial charge in [-0.3, -0.25) is 9.59 Å². The van der Waals surface area contributed by atoms with Crippen LogP contribution in [0.4, 0.5) is 0 Å². The minimum absolute atomic E-state index is 0.318. The summed E-state index contributed by atoms with van der Waals surface area (Å²) < 4.78 is 24.7. The minimum Gasteiger partial charge on any atom is -0.480 e. The van der Waals surface area contributed by atoms with Gasteiger partial charge < -0.3 is 15.2 Å². The first-order chi connectivity index (χ1) is 11.3. The smallest absolute Gasteiger partial charge is 0.322 e. The number of hydrogen-bond acceptors (Lipinski definition) is 5. The molecule has 2 aromatic rings. The highest BCUT2D eigenvalue weighted by atomic mass is 32.2. The van der Waals surface area contributed by atoms with E-state index in [0.717, 1.165) is 0 Å². The molecule has 0 radical (unpaired) electrons. The minimum atomic E-state index is -2.76. The maximum Gasteiger partial charge on any atom is 0.322 e. The van der Waals surface area contributed by atoms with Crippen molar-refractivity contribution in [1.29, 1.82) is 4.78 Å². The van der Waals surface area contributed by atoms with Crippen LogP contribution in [0.1, 0.15) is 10.4 Å². The lowest BCUT2D eigenvalue weighted by Crippen LogP contribution is -2.29. The van der Waals surface area contributed by atoms with Gasteiger partial charge in [0.05, 0.1) is 9.73 Å². The molecule has 0 saturated heterocycles. The molecule has 126 valence electrons. The molecule has 7 nitrogen and oxygen atoms in total. The van der Waals surface area contributed by atoms with Gasteiger partial charge in [-0.1, -0.05) is 0 Å². The number of rotatable bonds is 6. The van der Waals surface area contributed by atoms with Crippen molar-refractivity contribution in [1.82, 2.24) is 5.32 Å². The molecule has 1 amide bonds. The molecule has 1 unspecified atom stereocenters. The van der Waals surface area contributed by atoms with Gasteiger partial charge in [-0.15, -0.1) is 0 Å². The summed E-state index contributed by atoms with van der Waals surface area (Å²) in [6.07, 6.45) is 1.34. The van der Waals surface area contributed by atoms with Crippen LogP contribution in [0.3, 0.4) is 0 Å². The number of amides is 1. The van der Waals surface area contributed by atoms with Crippen LogP contribution >= 0.6 is 0 Å². The highest BCUT2D eigenvalue weighted by Gasteiger charge is 2.08. The van der Waals surface area contributed by atoms with Gasteiger partial charge in [0.15, 0.2) is 0 Å². The Balaban J connectivity index is 2.03. The molecule has 2 rings (SSSR count). The van der Waals surface area contributed by atoms with E-state index in [0.29, 0.717) is 22.0 Å². The third-order valence-electron chi connectivity index (χ3n) is 3.03. The Kier molecular flexibility index (Phi) is 5.20. The van der Waals surface area contributed by atoms with Gasteiger partial charge in [0.2, 0.25) is 0 Å². The van der Waals surface area contributed by atoms with Crippen LogP contribution in [0, 0.1) is 4.78 Å². The molecular formula is C16H16N2O5S. The molecule has 0 aromatic heterocycles. The maximum absolute atomic E-state index is 11.7. The Hall–Kier alpha value is -2.87. The Morgan fingerprint density at radius 2 is 1.58 bits per heavy atom. The average molecular weight is 348 g/mol. The number of aliphatic carboxylic acids is 1. The number of benzene rings is 2. The molecule has 24 heavy (non-hydrogen) atoms. The molecule has 0 aliphatic rings. The fraction of sp³-hybridized carbons (Fsp3) is 0.125. The van der Waals surface area contributed by atoms with E-state index in [1.54, 1.807) is 36.4 Å². The largest absolute Gasteiger partial charge is 0.480 e. The summed E-state index contributed by atoms with van der Waals surface area (Å²) in [7, 11) is -2.76. The van der Waals surface area contributed by atoms with Gasteiger partial charge >= 0.3 is 5.97 Å². The van der Waals surface area contributed by atoms with Crippen molar-refractivity contribution < 1.29 is 23.6 Å². The van der Waals surface area contributed by atoms with Gasteiger partial charge in [0, 0.05) is 16.7 Å². The molecule has 2 aromatic carbocycles. The van der Waals surface area contributed by atoms with E-state index in [9.17, 15) is 13.8 Å². The molecule has 0 saturated carbocycles. The van der Waals surface area contributed by atoms with Gasteiger partial charge in [0.25, 0.3) is 5.91 Å². The molecule has 0 heterocycles. The van der Waals surface area contributed by atoms with E-state index in [2.05, 4.69) is 5.32 Å². The van der Waals surface area contributed by atoms with Crippen LogP contribution in [0.2, 0.25) is 0 Å². The van der Waals surface area contributed by atoms with Crippen LogP contribution in [-0.2, 0) is 14.5 Å². The first kappa shape index (κ1) is 17.5. The number of carboxylic acid groups (broad SMARTS) is 1. The molecular weight excluding hydrogens is 332 g/mol. The first-order valence-electron chi connectivity index (χ1n) is 6.87. The van der Waals surface area contributed by atoms with E-state index in [4.69, 9.17) is 14.6 Å². The standard InChI is InChI=1S/C16H16N2O5S/c1-24(17,22)14-8-6-13(7-9-14)23-12-4-2-11(3-5-12)16(21)18-10-15(19)20/h2-9,17H,10H2,1H3,(H,18,21)(H,19,20). The van der Waals surface area contributed by atoms with E-state index in [1.807, 2.05) is 0 Å². The van der Waals surface area contributed by atoms with Crippen molar-refractivity contribution in [3.05, 3.63) is 54.1 Å². The lowest BCUT2D eigenvalue weighted by molar-refractivity contribution is -0.135. The molecule has 0 aliphatic carbocycles. The predicted molar refractivity (Wildman–Crippen MR) is 88.0 cm³/mol. The molecule has 0 spiro atoms. The Morgan fingerprint density at radius 1 is 1.08 bits per heavy atom. The van der Waals surface area contributed by atoms with Crippen LogP contribution < -0.4 is 10.1 Å². The zero-order valence-corrected chi connectivity index (χ0v) is 13.6. The number of hydrogen-bond donors (Lipinski definition) is 3. The van der Waals surface area contributed by atoms with E-state index >= 15 is 0 Å². The average Bonchev–Trinajstić information content (AvgIpc) is 2.53. The maximum atomic E-state index is 11.7. The molecule has 0 bridgehead atoms. The number of nitrogens with one attached hydrogen (secondary N) is 2. The predicted octanol–water partition coefficient (Wildman–Crippen LogP) is 2.33. The van der Waals surface area contributed by atoms with Crippen molar-refractivity contribution in [2.75, 3.05) is 12.8 Å². The SMILES string of the molecule is CS(=N)(=O)c1ccc(Oc2ccc(C(=O)NCC(=O)O)cc2)cc1. The Labute approximate surface area is 139 Å². The Bertz CT molecular complexity index is 843. The van der Waals surface area contributed by atoms with Crippen molar-refractivity contribution in [3.8, 4) is 11.5 Å². The van der Waals surface area contributed by atoms with Crippen molar-refractivity contribution in [3.63, 3.8) is 0 Å². The number of ether oxygens (including phenoxy) is 1. The van der Waals surface area contributed by atoms with Crippen LogP contribution in [0.25, 0.3) is 0 Å². The summed E-state index contributed by atoms with van der Waals surface area (Å²) >= 11 is 0. The second kappa shape index (κ2) is 7.14. The normalized spacial score (nSPS) is 12.9. The number of carboxylic acids is 1. The molecule has 8 heteroatoms. The lowest BCUT2D eigenvalue weighted by atomic mass is 10.2.